The number of likely N-dealkylation sites (N-methyl/N-ethyl adjacent to an activating group) is 1. The molecule has 4 rings (SSSR count). The minimum Gasteiger partial charge on any atom is -0.493 e. The Morgan fingerprint density at radius 2 is 1.77 bits per heavy atom. The number of anilines is 1. The van der Waals surface area contributed by atoms with Crippen molar-refractivity contribution in [3.8, 4) is 22.9 Å². The largest absolute Gasteiger partial charge is 0.493 e. The lowest BCUT2D eigenvalue weighted by molar-refractivity contribution is 0.312. The number of methoxy groups -OCH3 is 2. The van der Waals surface area contributed by atoms with Crippen LogP contribution in [0.3, 0.4) is 0 Å². The molecule has 1 fully saturated rings. The number of fused-ring (bicyclic) bond motifs is 1. The summed E-state index contributed by atoms with van der Waals surface area (Å²) in [5.74, 6) is 3.12. The summed E-state index contributed by atoms with van der Waals surface area (Å²) < 4.78 is 10.7. The van der Waals surface area contributed by atoms with E-state index in [0.717, 1.165) is 54.4 Å². The monoisotopic (exact) mass is 353 g/mol. The molecule has 1 aromatic carbocycles. The molecule has 0 bridgehead atoms. The molecule has 7 heteroatoms. The zero-order chi connectivity index (χ0) is 18.1. The van der Waals surface area contributed by atoms with E-state index in [9.17, 15) is 0 Å². The molecule has 1 N–H and O–H groups in total. The van der Waals surface area contributed by atoms with Crippen molar-refractivity contribution < 1.29 is 9.47 Å². The van der Waals surface area contributed by atoms with E-state index < -0.39 is 0 Å². The lowest BCUT2D eigenvalue weighted by Crippen LogP contribution is -2.44. The van der Waals surface area contributed by atoms with Gasteiger partial charge in [0.15, 0.2) is 17.3 Å². The molecule has 7 nitrogen and oxygen atoms in total. The maximum atomic E-state index is 5.41. The van der Waals surface area contributed by atoms with Gasteiger partial charge in [0.1, 0.15) is 11.3 Å². The van der Waals surface area contributed by atoms with Crippen LogP contribution < -0.4 is 14.4 Å². The number of aromatic nitrogens is 3. The van der Waals surface area contributed by atoms with E-state index in [1.807, 2.05) is 30.5 Å². The number of hydrogen-bond acceptors (Lipinski definition) is 6. The maximum Gasteiger partial charge on any atom is 0.161 e. The van der Waals surface area contributed by atoms with Gasteiger partial charge in [-0.1, -0.05) is 0 Å². The number of benzene rings is 1. The van der Waals surface area contributed by atoms with Gasteiger partial charge in [-0.15, -0.1) is 0 Å². The molecule has 136 valence electrons. The Morgan fingerprint density at radius 1 is 1.00 bits per heavy atom. The summed E-state index contributed by atoms with van der Waals surface area (Å²) in [6.07, 6.45) is 1.84. The summed E-state index contributed by atoms with van der Waals surface area (Å²) in [5.41, 5.74) is 2.84. The Balaban J connectivity index is 1.73. The Kier molecular flexibility index (Phi) is 4.38. The fourth-order valence-electron chi connectivity index (χ4n) is 3.29. The second kappa shape index (κ2) is 6.84. The zero-order valence-corrected chi connectivity index (χ0v) is 15.3. The van der Waals surface area contributed by atoms with E-state index in [2.05, 4.69) is 26.8 Å². The SMILES string of the molecule is COc1ccc(-c2nc3c(N4CCN(C)CC4)nccc3[nH]2)cc1OC. The van der Waals surface area contributed by atoms with E-state index in [1.165, 1.54) is 0 Å². The number of H-pyrrole nitrogens is 1. The lowest BCUT2D eigenvalue weighted by Gasteiger charge is -2.33. The summed E-state index contributed by atoms with van der Waals surface area (Å²) in [4.78, 5) is 17.5. The molecule has 3 aromatic rings. The van der Waals surface area contributed by atoms with Crippen molar-refractivity contribution in [2.24, 2.45) is 0 Å². The molecule has 0 saturated carbocycles. The smallest absolute Gasteiger partial charge is 0.161 e. The number of piperazine rings is 1. The quantitative estimate of drug-likeness (QED) is 0.777. The Morgan fingerprint density at radius 3 is 2.50 bits per heavy atom. The van der Waals surface area contributed by atoms with E-state index in [1.54, 1.807) is 14.2 Å². The van der Waals surface area contributed by atoms with E-state index in [0.29, 0.717) is 11.5 Å². The molecule has 26 heavy (non-hydrogen) atoms. The van der Waals surface area contributed by atoms with Crippen molar-refractivity contribution in [1.29, 1.82) is 0 Å². The molecular formula is C19H23N5O2. The molecule has 0 atom stereocenters. The number of nitrogens with one attached hydrogen (secondary N) is 1. The number of imidazole rings is 1. The first-order valence-electron chi connectivity index (χ1n) is 8.70. The van der Waals surface area contributed by atoms with Crippen molar-refractivity contribution in [2.75, 3.05) is 52.3 Å². The van der Waals surface area contributed by atoms with Crippen LogP contribution in [0.2, 0.25) is 0 Å². The molecule has 0 spiro atoms. The standard InChI is InChI=1S/C19H23N5O2/c1-23-8-10-24(11-9-23)19-17-14(6-7-20-19)21-18(22-17)13-4-5-15(25-2)16(12-13)26-3/h4-7,12H,8-11H2,1-3H3,(H,21,22). The number of pyridine rings is 1. The summed E-state index contributed by atoms with van der Waals surface area (Å²) in [6, 6.07) is 7.76. The fourth-order valence-corrected chi connectivity index (χ4v) is 3.29. The molecule has 2 aromatic heterocycles. The average molecular weight is 353 g/mol. The molecule has 1 aliphatic rings. The third-order valence-corrected chi connectivity index (χ3v) is 4.84. The van der Waals surface area contributed by atoms with Gasteiger partial charge in [-0.3, -0.25) is 0 Å². The molecular weight excluding hydrogens is 330 g/mol. The van der Waals surface area contributed by atoms with Crippen LogP contribution in [0.15, 0.2) is 30.5 Å². The van der Waals surface area contributed by atoms with Crippen molar-refractivity contribution in [3.63, 3.8) is 0 Å². The van der Waals surface area contributed by atoms with Gasteiger partial charge in [-0.25, -0.2) is 9.97 Å². The minimum absolute atomic E-state index is 0.683. The molecule has 1 aliphatic heterocycles. The fraction of sp³-hybridized carbons (Fsp3) is 0.368. The minimum atomic E-state index is 0.683. The number of hydrogen-bond donors (Lipinski definition) is 1. The summed E-state index contributed by atoms with van der Waals surface area (Å²) in [7, 11) is 5.41. The first-order valence-corrected chi connectivity index (χ1v) is 8.70. The van der Waals surface area contributed by atoms with E-state index in [4.69, 9.17) is 14.5 Å². The van der Waals surface area contributed by atoms with Crippen LogP contribution in [0.25, 0.3) is 22.4 Å². The third-order valence-electron chi connectivity index (χ3n) is 4.84. The molecule has 0 aliphatic carbocycles. The van der Waals surface area contributed by atoms with Gasteiger partial charge < -0.3 is 24.3 Å². The van der Waals surface area contributed by atoms with Crippen molar-refractivity contribution in [2.45, 2.75) is 0 Å². The Bertz CT molecular complexity index is 915. The number of ether oxygens (including phenoxy) is 2. The van der Waals surface area contributed by atoms with Crippen molar-refractivity contribution in [3.05, 3.63) is 30.5 Å². The van der Waals surface area contributed by atoms with Crippen molar-refractivity contribution >= 4 is 16.9 Å². The summed E-state index contributed by atoms with van der Waals surface area (Å²) in [6.45, 7) is 3.98. The van der Waals surface area contributed by atoms with Crippen LogP contribution in [0.1, 0.15) is 0 Å². The van der Waals surface area contributed by atoms with Crippen LogP contribution in [0.4, 0.5) is 5.82 Å². The molecule has 3 heterocycles. The van der Waals surface area contributed by atoms with Gasteiger partial charge >= 0.3 is 0 Å². The highest BCUT2D eigenvalue weighted by molar-refractivity contribution is 5.89. The summed E-state index contributed by atoms with van der Waals surface area (Å²) in [5, 5.41) is 0. The topological polar surface area (TPSA) is 66.5 Å². The Hall–Kier alpha value is -2.80. The molecule has 0 radical (unpaired) electrons. The molecule has 0 amide bonds. The van der Waals surface area contributed by atoms with Gasteiger partial charge in [0.2, 0.25) is 0 Å². The first-order chi connectivity index (χ1) is 12.7. The average Bonchev–Trinajstić information content (AvgIpc) is 3.12. The molecule has 1 saturated heterocycles. The van der Waals surface area contributed by atoms with Crippen LogP contribution in [-0.4, -0.2) is 67.3 Å². The van der Waals surface area contributed by atoms with Gasteiger partial charge in [0, 0.05) is 37.9 Å². The highest BCUT2D eigenvalue weighted by Gasteiger charge is 2.20. The maximum absolute atomic E-state index is 5.41. The van der Waals surface area contributed by atoms with E-state index in [-0.39, 0.29) is 0 Å². The molecule has 0 unspecified atom stereocenters. The van der Waals surface area contributed by atoms with Crippen LogP contribution >= 0.6 is 0 Å². The van der Waals surface area contributed by atoms with Crippen LogP contribution in [0.5, 0.6) is 11.5 Å². The second-order valence-corrected chi connectivity index (χ2v) is 6.48. The normalized spacial score (nSPS) is 15.4. The Labute approximate surface area is 152 Å². The third kappa shape index (κ3) is 2.94. The number of nitrogens with zero attached hydrogens (tertiary/aromatic N) is 4. The van der Waals surface area contributed by atoms with Crippen molar-refractivity contribution in [1.82, 2.24) is 19.9 Å². The highest BCUT2D eigenvalue weighted by atomic mass is 16.5. The first kappa shape index (κ1) is 16.7. The van der Waals surface area contributed by atoms with Gasteiger partial charge in [0.05, 0.1) is 19.7 Å². The number of aromatic amines is 1. The lowest BCUT2D eigenvalue weighted by atomic mass is 10.2. The van der Waals surface area contributed by atoms with Crippen LogP contribution in [-0.2, 0) is 0 Å². The van der Waals surface area contributed by atoms with Gasteiger partial charge in [0.25, 0.3) is 0 Å². The van der Waals surface area contributed by atoms with E-state index >= 15 is 0 Å². The zero-order valence-electron chi connectivity index (χ0n) is 15.3. The predicted octanol–water partition coefficient (Wildman–Crippen LogP) is 2.39. The van der Waals surface area contributed by atoms with Crippen LogP contribution in [0, 0.1) is 0 Å². The van der Waals surface area contributed by atoms with Gasteiger partial charge in [-0.2, -0.15) is 0 Å². The second-order valence-electron chi connectivity index (χ2n) is 6.48. The van der Waals surface area contributed by atoms with Gasteiger partial charge in [-0.05, 0) is 31.3 Å². The predicted molar refractivity (Wildman–Crippen MR) is 102 cm³/mol. The number of rotatable bonds is 4. The summed E-state index contributed by atoms with van der Waals surface area (Å²) >= 11 is 0. The highest BCUT2D eigenvalue weighted by Crippen LogP contribution is 2.33.